The lowest BCUT2D eigenvalue weighted by molar-refractivity contribution is 0.713. The average molecular weight is 227 g/mol. The highest BCUT2D eigenvalue weighted by molar-refractivity contribution is 5.81. The molecule has 3 rings (SSSR count). The number of hydrogen-bond donors (Lipinski definition) is 2. The van der Waals surface area contributed by atoms with E-state index in [2.05, 4.69) is 21.1 Å². The number of fused-ring (bicyclic) bond motifs is 1. The minimum Gasteiger partial charge on any atom is -0.345 e. The smallest absolute Gasteiger partial charge is 0.0931 e. The van der Waals surface area contributed by atoms with Crippen molar-refractivity contribution in [2.75, 3.05) is 0 Å². The van der Waals surface area contributed by atoms with Gasteiger partial charge in [0.25, 0.3) is 0 Å². The van der Waals surface area contributed by atoms with Crippen molar-refractivity contribution in [2.24, 2.45) is 12.8 Å². The normalized spacial score (nSPS) is 11.2. The number of aromatic amines is 1. The molecule has 5 heteroatoms. The Labute approximate surface area is 98.3 Å². The molecule has 0 saturated carbocycles. The highest BCUT2D eigenvalue weighted by Gasteiger charge is 2.09. The minimum atomic E-state index is 0.479. The molecule has 0 unspecified atom stereocenters. The molecule has 86 valence electrons. The zero-order chi connectivity index (χ0) is 11.8. The Morgan fingerprint density at radius 2 is 2.29 bits per heavy atom. The maximum absolute atomic E-state index is 5.74. The number of hydrogen-bond acceptors (Lipinski definition) is 3. The molecule has 2 heterocycles. The van der Waals surface area contributed by atoms with Crippen molar-refractivity contribution in [1.29, 1.82) is 0 Å². The predicted octanol–water partition coefficient (Wildman–Crippen LogP) is 1.42. The summed E-state index contributed by atoms with van der Waals surface area (Å²) in [5.41, 5.74) is 10.9. The zero-order valence-corrected chi connectivity index (χ0v) is 9.51. The first-order valence-electron chi connectivity index (χ1n) is 5.44. The van der Waals surface area contributed by atoms with Crippen LogP contribution in [0.4, 0.5) is 0 Å². The maximum atomic E-state index is 5.74. The molecular weight excluding hydrogens is 214 g/mol. The molecule has 2 aromatic heterocycles. The fourth-order valence-electron chi connectivity index (χ4n) is 2.05. The van der Waals surface area contributed by atoms with Gasteiger partial charge in [0.2, 0.25) is 0 Å². The molecule has 0 aliphatic carbocycles. The van der Waals surface area contributed by atoms with Gasteiger partial charge in [-0.05, 0) is 17.7 Å². The molecule has 0 atom stereocenters. The van der Waals surface area contributed by atoms with Crippen LogP contribution in [-0.4, -0.2) is 19.7 Å². The van der Waals surface area contributed by atoms with E-state index in [0.717, 1.165) is 27.9 Å². The summed E-state index contributed by atoms with van der Waals surface area (Å²) in [7, 11) is 1.90. The van der Waals surface area contributed by atoms with Gasteiger partial charge in [0.1, 0.15) is 0 Å². The number of aryl methyl sites for hydroxylation is 1. The van der Waals surface area contributed by atoms with Gasteiger partial charge in [-0.2, -0.15) is 5.10 Å². The van der Waals surface area contributed by atoms with Gasteiger partial charge in [0, 0.05) is 19.2 Å². The van der Waals surface area contributed by atoms with Gasteiger partial charge in [-0.1, -0.05) is 6.07 Å². The number of imidazole rings is 1. The molecule has 0 aliphatic heterocycles. The number of benzene rings is 1. The van der Waals surface area contributed by atoms with Crippen LogP contribution in [0.2, 0.25) is 0 Å². The summed E-state index contributed by atoms with van der Waals surface area (Å²) < 4.78 is 1.81. The summed E-state index contributed by atoms with van der Waals surface area (Å²) in [5, 5.41) is 4.24. The monoisotopic (exact) mass is 227 g/mol. The number of H-pyrrole nitrogens is 1. The van der Waals surface area contributed by atoms with E-state index in [-0.39, 0.29) is 0 Å². The fraction of sp³-hybridized carbons (Fsp3) is 0.167. The molecular formula is C12H13N5. The average Bonchev–Trinajstić information content (AvgIpc) is 2.93. The lowest BCUT2D eigenvalue weighted by atomic mass is 10.1. The Kier molecular flexibility index (Phi) is 2.19. The van der Waals surface area contributed by atoms with E-state index in [1.54, 1.807) is 6.33 Å². The highest BCUT2D eigenvalue weighted by atomic mass is 15.3. The Bertz CT molecular complexity index is 664. The lowest BCUT2D eigenvalue weighted by Gasteiger charge is -2.03. The van der Waals surface area contributed by atoms with Crippen molar-refractivity contribution in [1.82, 2.24) is 19.7 Å². The van der Waals surface area contributed by atoms with E-state index in [4.69, 9.17) is 5.73 Å². The molecule has 0 radical (unpaired) electrons. The molecule has 17 heavy (non-hydrogen) atoms. The first-order valence-corrected chi connectivity index (χ1v) is 5.44. The van der Waals surface area contributed by atoms with Gasteiger partial charge < -0.3 is 10.7 Å². The van der Waals surface area contributed by atoms with Crippen molar-refractivity contribution in [3.8, 4) is 11.1 Å². The first kappa shape index (κ1) is 10.0. The van der Waals surface area contributed by atoms with E-state index in [1.807, 2.05) is 30.1 Å². The number of rotatable bonds is 2. The van der Waals surface area contributed by atoms with Gasteiger partial charge in [-0.3, -0.25) is 4.68 Å². The standard InChI is InChI=1S/C12H13N5/c1-17-12(5-13)9(6-16-17)8-2-3-10-11(4-8)15-7-14-10/h2-4,6-7H,5,13H2,1H3,(H,14,15). The summed E-state index contributed by atoms with van der Waals surface area (Å²) in [6.45, 7) is 0.479. The van der Waals surface area contributed by atoms with Gasteiger partial charge in [0.05, 0.1) is 29.3 Å². The Hall–Kier alpha value is -2.14. The molecule has 0 aliphatic rings. The number of aromatic nitrogens is 4. The SMILES string of the molecule is Cn1ncc(-c2ccc3nc[nH]c3c2)c1CN. The molecule has 0 bridgehead atoms. The van der Waals surface area contributed by atoms with E-state index in [1.165, 1.54) is 0 Å². The van der Waals surface area contributed by atoms with E-state index < -0.39 is 0 Å². The maximum Gasteiger partial charge on any atom is 0.0931 e. The molecule has 0 fully saturated rings. The van der Waals surface area contributed by atoms with Crippen molar-refractivity contribution in [3.05, 3.63) is 36.4 Å². The van der Waals surface area contributed by atoms with Crippen LogP contribution >= 0.6 is 0 Å². The third kappa shape index (κ3) is 1.52. The van der Waals surface area contributed by atoms with Crippen LogP contribution in [0.15, 0.2) is 30.7 Å². The van der Waals surface area contributed by atoms with E-state index >= 15 is 0 Å². The van der Waals surface area contributed by atoms with E-state index in [9.17, 15) is 0 Å². The largest absolute Gasteiger partial charge is 0.345 e. The van der Waals surface area contributed by atoms with Crippen LogP contribution in [0.25, 0.3) is 22.2 Å². The zero-order valence-electron chi connectivity index (χ0n) is 9.51. The topological polar surface area (TPSA) is 72.5 Å². The third-order valence-electron chi connectivity index (χ3n) is 2.99. The first-order chi connectivity index (χ1) is 8.29. The van der Waals surface area contributed by atoms with Crippen molar-refractivity contribution in [3.63, 3.8) is 0 Å². The summed E-state index contributed by atoms with van der Waals surface area (Å²) in [6, 6.07) is 6.10. The van der Waals surface area contributed by atoms with E-state index in [0.29, 0.717) is 6.54 Å². The van der Waals surface area contributed by atoms with Crippen LogP contribution in [0.1, 0.15) is 5.69 Å². The van der Waals surface area contributed by atoms with Crippen LogP contribution in [0.5, 0.6) is 0 Å². The molecule has 0 amide bonds. The van der Waals surface area contributed by atoms with Gasteiger partial charge in [-0.15, -0.1) is 0 Å². The van der Waals surface area contributed by atoms with Gasteiger partial charge in [-0.25, -0.2) is 4.98 Å². The summed E-state index contributed by atoms with van der Waals surface area (Å²) in [4.78, 5) is 7.30. The molecule has 5 nitrogen and oxygen atoms in total. The third-order valence-corrected chi connectivity index (χ3v) is 2.99. The molecule has 1 aromatic carbocycles. The minimum absolute atomic E-state index is 0.479. The number of nitrogens with one attached hydrogen (secondary N) is 1. The van der Waals surface area contributed by atoms with Crippen LogP contribution in [-0.2, 0) is 13.6 Å². The highest BCUT2D eigenvalue weighted by Crippen LogP contribution is 2.25. The fourth-order valence-corrected chi connectivity index (χ4v) is 2.05. The molecule has 0 spiro atoms. The van der Waals surface area contributed by atoms with Crippen molar-refractivity contribution >= 4 is 11.0 Å². The summed E-state index contributed by atoms with van der Waals surface area (Å²) >= 11 is 0. The predicted molar refractivity (Wildman–Crippen MR) is 66.2 cm³/mol. The lowest BCUT2D eigenvalue weighted by Crippen LogP contribution is -2.05. The van der Waals surface area contributed by atoms with Gasteiger partial charge in [0.15, 0.2) is 0 Å². The molecule has 3 N–H and O–H groups in total. The summed E-state index contributed by atoms with van der Waals surface area (Å²) in [5.74, 6) is 0. The molecule has 0 saturated heterocycles. The van der Waals surface area contributed by atoms with Crippen LogP contribution in [0.3, 0.4) is 0 Å². The quantitative estimate of drug-likeness (QED) is 0.695. The van der Waals surface area contributed by atoms with Gasteiger partial charge >= 0.3 is 0 Å². The Balaban J connectivity index is 2.19. The van der Waals surface area contributed by atoms with Crippen molar-refractivity contribution in [2.45, 2.75) is 6.54 Å². The van der Waals surface area contributed by atoms with Crippen LogP contribution < -0.4 is 5.73 Å². The second-order valence-electron chi connectivity index (χ2n) is 3.97. The Morgan fingerprint density at radius 1 is 1.41 bits per heavy atom. The second-order valence-corrected chi connectivity index (χ2v) is 3.97. The number of nitrogens with zero attached hydrogens (tertiary/aromatic N) is 3. The van der Waals surface area contributed by atoms with Crippen LogP contribution in [0, 0.1) is 0 Å². The second kappa shape index (κ2) is 3.71. The number of nitrogens with two attached hydrogens (primary N) is 1. The summed E-state index contributed by atoms with van der Waals surface area (Å²) in [6.07, 6.45) is 3.54. The van der Waals surface area contributed by atoms with Crippen molar-refractivity contribution < 1.29 is 0 Å². The molecule has 3 aromatic rings. The Morgan fingerprint density at radius 3 is 3.12 bits per heavy atom.